The van der Waals surface area contributed by atoms with Gasteiger partial charge in [0.05, 0.1) is 0 Å². The van der Waals surface area contributed by atoms with Crippen LogP contribution >= 0.6 is 0 Å². The van der Waals surface area contributed by atoms with Crippen molar-refractivity contribution in [2.24, 2.45) is 17.8 Å². The van der Waals surface area contributed by atoms with Crippen LogP contribution in [0.4, 0.5) is 0 Å². The van der Waals surface area contributed by atoms with E-state index in [2.05, 4.69) is 48.1 Å². The van der Waals surface area contributed by atoms with Crippen molar-refractivity contribution in [3.05, 3.63) is 6.55 Å². The van der Waals surface area contributed by atoms with Gasteiger partial charge in [0.15, 0.2) is 0 Å². The van der Waals surface area contributed by atoms with Gasteiger partial charge in [0.25, 0.3) is 0 Å². The average Bonchev–Trinajstić information content (AvgIpc) is 2.21. The first-order valence-corrected chi connectivity index (χ1v) is 8.45. The topological polar surface area (TPSA) is 27.7 Å². The van der Waals surface area contributed by atoms with Crippen molar-refractivity contribution in [3.8, 4) is 0 Å². The van der Waals surface area contributed by atoms with E-state index in [-0.39, 0.29) is 0 Å². The summed E-state index contributed by atoms with van der Waals surface area (Å²) in [5, 5.41) is 0. The predicted octanol–water partition coefficient (Wildman–Crippen LogP) is 3.32. The maximum atomic E-state index is 5.78. The largest absolute Gasteiger partial charge is 0.500 e. The molecule has 0 aromatic heterocycles. The SMILES string of the molecule is [CH2][Si](OCC(C)C)(OCC(C)C)OCC(C)C. The number of hydrogen-bond acceptors (Lipinski definition) is 3. The molecule has 0 aliphatic rings. The lowest BCUT2D eigenvalue weighted by Crippen LogP contribution is -2.45. The summed E-state index contributed by atoms with van der Waals surface area (Å²) < 4.78 is 17.3. The second-order valence-corrected chi connectivity index (χ2v) is 8.03. The van der Waals surface area contributed by atoms with Crippen LogP contribution < -0.4 is 0 Å². The molecular formula is C13H29O3Si. The zero-order valence-electron chi connectivity index (χ0n) is 12.3. The summed E-state index contributed by atoms with van der Waals surface area (Å²) in [5.74, 6) is 1.40. The summed E-state index contributed by atoms with van der Waals surface area (Å²) in [6, 6.07) is 0. The number of hydrogen-bond donors (Lipinski definition) is 0. The van der Waals surface area contributed by atoms with E-state index in [1.54, 1.807) is 0 Å². The van der Waals surface area contributed by atoms with Gasteiger partial charge in [0.2, 0.25) is 0 Å². The molecule has 0 unspecified atom stereocenters. The van der Waals surface area contributed by atoms with E-state index in [4.69, 9.17) is 13.3 Å². The third kappa shape index (κ3) is 9.77. The van der Waals surface area contributed by atoms with Crippen LogP contribution in [0.2, 0.25) is 0 Å². The van der Waals surface area contributed by atoms with Gasteiger partial charge >= 0.3 is 8.80 Å². The lowest BCUT2D eigenvalue weighted by atomic mass is 10.2. The van der Waals surface area contributed by atoms with Crippen molar-refractivity contribution >= 4 is 8.80 Å². The van der Waals surface area contributed by atoms with E-state index in [0.717, 1.165) is 0 Å². The summed E-state index contributed by atoms with van der Waals surface area (Å²) in [5.41, 5.74) is 0. The van der Waals surface area contributed by atoms with Gasteiger partial charge in [-0.25, -0.2) is 0 Å². The fraction of sp³-hybridized carbons (Fsp3) is 0.923. The van der Waals surface area contributed by atoms with Gasteiger partial charge < -0.3 is 13.3 Å². The molecule has 103 valence electrons. The van der Waals surface area contributed by atoms with Crippen LogP contribution in [-0.2, 0) is 13.3 Å². The molecule has 0 aliphatic carbocycles. The molecule has 0 atom stereocenters. The molecule has 0 saturated heterocycles. The third-order valence-corrected chi connectivity index (χ3v) is 3.73. The lowest BCUT2D eigenvalue weighted by molar-refractivity contribution is 0.0473. The van der Waals surface area contributed by atoms with Crippen molar-refractivity contribution in [2.75, 3.05) is 19.8 Å². The van der Waals surface area contributed by atoms with Crippen molar-refractivity contribution in [3.63, 3.8) is 0 Å². The standard InChI is InChI=1S/C13H29O3Si/c1-11(2)8-14-17(7,15-9-12(3)4)16-10-13(5)6/h11-13H,7-10H2,1-6H3. The molecule has 17 heavy (non-hydrogen) atoms. The van der Waals surface area contributed by atoms with E-state index < -0.39 is 8.80 Å². The Hall–Kier alpha value is 0.0969. The van der Waals surface area contributed by atoms with E-state index in [0.29, 0.717) is 37.6 Å². The summed E-state index contributed by atoms with van der Waals surface area (Å²) >= 11 is 0. The van der Waals surface area contributed by atoms with Gasteiger partial charge in [-0.1, -0.05) is 41.5 Å². The van der Waals surface area contributed by atoms with Gasteiger partial charge in [0.1, 0.15) is 0 Å². The molecular weight excluding hydrogens is 232 g/mol. The Bertz CT molecular complexity index is 162. The fourth-order valence-electron chi connectivity index (χ4n) is 1.01. The highest BCUT2D eigenvalue weighted by Gasteiger charge is 2.35. The molecule has 0 aromatic rings. The maximum absolute atomic E-state index is 5.78. The number of rotatable bonds is 9. The van der Waals surface area contributed by atoms with Crippen molar-refractivity contribution in [2.45, 2.75) is 41.5 Å². The van der Waals surface area contributed by atoms with Crippen molar-refractivity contribution < 1.29 is 13.3 Å². The van der Waals surface area contributed by atoms with Gasteiger partial charge in [-0.2, -0.15) is 0 Å². The fourth-order valence-corrected chi connectivity index (χ4v) is 3.02. The van der Waals surface area contributed by atoms with Crippen molar-refractivity contribution in [1.82, 2.24) is 0 Å². The first kappa shape index (κ1) is 17.1. The van der Waals surface area contributed by atoms with Crippen LogP contribution in [0.1, 0.15) is 41.5 Å². The highest BCUT2D eigenvalue weighted by molar-refractivity contribution is 6.62. The summed E-state index contributed by atoms with van der Waals surface area (Å²) in [7, 11) is -2.69. The zero-order chi connectivity index (χ0) is 13.5. The molecule has 0 fully saturated rings. The quantitative estimate of drug-likeness (QED) is 0.596. The van der Waals surface area contributed by atoms with Gasteiger partial charge in [-0.3, -0.25) is 0 Å². The molecule has 0 bridgehead atoms. The van der Waals surface area contributed by atoms with Crippen molar-refractivity contribution in [1.29, 1.82) is 0 Å². The Morgan fingerprint density at radius 1 is 0.706 bits per heavy atom. The molecule has 0 aliphatic heterocycles. The second kappa shape index (κ2) is 8.24. The van der Waals surface area contributed by atoms with E-state index in [1.807, 2.05) is 0 Å². The third-order valence-electron chi connectivity index (χ3n) is 1.91. The average molecular weight is 261 g/mol. The highest BCUT2D eigenvalue weighted by atomic mass is 28.4. The Morgan fingerprint density at radius 3 is 1.12 bits per heavy atom. The first-order chi connectivity index (χ1) is 7.75. The Labute approximate surface area is 108 Å². The molecule has 0 saturated carbocycles. The minimum absolute atomic E-state index is 0.467. The minimum atomic E-state index is -2.69. The van der Waals surface area contributed by atoms with Gasteiger partial charge in [-0.15, -0.1) is 0 Å². The maximum Gasteiger partial charge on any atom is 0.500 e. The molecule has 0 amide bonds. The van der Waals surface area contributed by atoms with E-state index in [9.17, 15) is 0 Å². The summed E-state index contributed by atoms with van der Waals surface area (Å²) in [4.78, 5) is 0. The van der Waals surface area contributed by atoms with E-state index >= 15 is 0 Å². The Morgan fingerprint density at radius 2 is 0.941 bits per heavy atom. The smallest absolute Gasteiger partial charge is 0.373 e. The molecule has 0 rings (SSSR count). The molecule has 1 radical (unpaired) electrons. The highest BCUT2D eigenvalue weighted by Crippen LogP contribution is 2.13. The first-order valence-electron chi connectivity index (χ1n) is 6.52. The van der Waals surface area contributed by atoms with Crippen LogP contribution in [0, 0.1) is 24.3 Å². The predicted molar refractivity (Wildman–Crippen MR) is 73.5 cm³/mol. The lowest BCUT2D eigenvalue weighted by Gasteiger charge is -2.28. The minimum Gasteiger partial charge on any atom is -0.373 e. The van der Waals surface area contributed by atoms with E-state index in [1.165, 1.54) is 0 Å². The molecule has 0 aromatic carbocycles. The van der Waals surface area contributed by atoms with Crippen LogP contribution in [0.15, 0.2) is 0 Å². The Kier molecular flexibility index (Phi) is 8.29. The van der Waals surface area contributed by atoms with Gasteiger partial charge in [0, 0.05) is 26.4 Å². The molecule has 4 heteroatoms. The molecule has 0 spiro atoms. The van der Waals surface area contributed by atoms with Crippen LogP contribution in [0.25, 0.3) is 0 Å². The van der Waals surface area contributed by atoms with Gasteiger partial charge in [-0.05, 0) is 17.8 Å². The van der Waals surface area contributed by atoms with Crippen LogP contribution in [-0.4, -0.2) is 28.6 Å². The summed E-state index contributed by atoms with van der Waals surface area (Å²) in [6.07, 6.45) is 0. The molecule has 0 N–H and O–H groups in total. The molecule has 0 heterocycles. The second-order valence-electron chi connectivity index (χ2n) is 5.80. The monoisotopic (exact) mass is 261 g/mol. The summed E-state index contributed by atoms with van der Waals surface area (Å²) in [6.45, 7) is 18.7. The normalized spacial score (nSPS) is 13.1. The zero-order valence-corrected chi connectivity index (χ0v) is 13.3. The van der Waals surface area contributed by atoms with Crippen LogP contribution in [0.3, 0.4) is 0 Å². The Balaban J connectivity index is 4.23. The molecule has 3 nitrogen and oxygen atoms in total. The van der Waals surface area contributed by atoms with Crippen LogP contribution in [0.5, 0.6) is 0 Å².